The first-order valence-corrected chi connectivity index (χ1v) is 8.85. The first-order valence-electron chi connectivity index (χ1n) is 8.85. The molecule has 0 spiro atoms. The maximum Gasteiger partial charge on any atom is 0.286 e. The van der Waals surface area contributed by atoms with Gasteiger partial charge < -0.3 is 15.0 Å². The molecule has 1 atom stereocenters. The summed E-state index contributed by atoms with van der Waals surface area (Å²) in [6.07, 6.45) is 1.93. The standard InChI is InChI=1S/C18H21N5O3/c1-12-4-6-13(7-5-12)22-8-9-23-17(25)15(20-21-18(22)23)16(24)19-11-14-3-2-10-26-14/h4-7,14H,2-3,8-11H2,1H3,(H,19,24)/t14-/m1/s1. The first kappa shape index (κ1) is 16.7. The van der Waals surface area contributed by atoms with E-state index in [9.17, 15) is 9.59 Å². The van der Waals surface area contributed by atoms with Crippen molar-refractivity contribution in [3.8, 4) is 0 Å². The van der Waals surface area contributed by atoms with Crippen LogP contribution in [0.1, 0.15) is 28.9 Å². The second-order valence-electron chi connectivity index (χ2n) is 6.64. The molecule has 8 heteroatoms. The van der Waals surface area contributed by atoms with Crippen LogP contribution in [-0.4, -0.2) is 46.5 Å². The first-order chi connectivity index (χ1) is 12.6. The van der Waals surface area contributed by atoms with Crippen molar-refractivity contribution >= 4 is 17.5 Å². The predicted octanol–water partition coefficient (Wildman–Crippen LogP) is 1.01. The van der Waals surface area contributed by atoms with Crippen molar-refractivity contribution in [2.24, 2.45) is 0 Å². The maximum absolute atomic E-state index is 12.7. The monoisotopic (exact) mass is 355 g/mol. The van der Waals surface area contributed by atoms with Gasteiger partial charge in [-0.3, -0.25) is 14.2 Å². The van der Waals surface area contributed by atoms with Crippen molar-refractivity contribution in [3.05, 3.63) is 45.9 Å². The lowest BCUT2D eigenvalue weighted by atomic mass is 10.2. The van der Waals surface area contributed by atoms with Crippen LogP contribution in [0.25, 0.3) is 0 Å². The van der Waals surface area contributed by atoms with Crippen LogP contribution in [0, 0.1) is 6.92 Å². The molecule has 136 valence electrons. The molecule has 0 unspecified atom stereocenters. The number of hydrogen-bond donors (Lipinski definition) is 1. The Bertz CT molecular complexity index is 871. The number of nitrogens with one attached hydrogen (secondary N) is 1. The smallest absolute Gasteiger partial charge is 0.286 e. The number of nitrogens with zero attached hydrogens (tertiary/aromatic N) is 4. The van der Waals surface area contributed by atoms with Crippen molar-refractivity contribution < 1.29 is 9.53 Å². The molecule has 0 bridgehead atoms. The van der Waals surface area contributed by atoms with Gasteiger partial charge in [0.05, 0.1) is 6.10 Å². The van der Waals surface area contributed by atoms with Gasteiger partial charge in [0.1, 0.15) is 0 Å². The minimum absolute atomic E-state index is 0.0149. The molecule has 2 aliphatic heterocycles. The number of fused-ring (bicyclic) bond motifs is 1. The highest BCUT2D eigenvalue weighted by Crippen LogP contribution is 2.26. The van der Waals surface area contributed by atoms with E-state index in [2.05, 4.69) is 15.5 Å². The molecule has 1 saturated heterocycles. The number of rotatable bonds is 4. The third kappa shape index (κ3) is 3.08. The molecule has 1 amide bonds. The number of amides is 1. The van der Waals surface area contributed by atoms with Gasteiger partial charge in [-0.1, -0.05) is 17.7 Å². The highest BCUT2D eigenvalue weighted by atomic mass is 16.5. The van der Waals surface area contributed by atoms with Crippen LogP contribution in [-0.2, 0) is 11.3 Å². The van der Waals surface area contributed by atoms with E-state index in [0.717, 1.165) is 30.7 Å². The quantitative estimate of drug-likeness (QED) is 0.880. The average Bonchev–Trinajstić information content (AvgIpc) is 3.31. The Hall–Kier alpha value is -2.74. The van der Waals surface area contributed by atoms with Gasteiger partial charge in [-0.05, 0) is 31.9 Å². The molecule has 0 radical (unpaired) electrons. The van der Waals surface area contributed by atoms with Crippen molar-refractivity contribution in [2.45, 2.75) is 32.4 Å². The molecule has 2 aliphatic rings. The molecule has 0 saturated carbocycles. The van der Waals surface area contributed by atoms with E-state index in [0.29, 0.717) is 25.6 Å². The molecule has 1 aromatic carbocycles. The SMILES string of the molecule is Cc1ccc(N2CCn3c2nnc(C(=O)NC[C@H]2CCCO2)c3=O)cc1. The molecule has 1 aromatic heterocycles. The number of ether oxygens (including phenoxy) is 1. The largest absolute Gasteiger partial charge is 0.376 e. The van der Waals surface area contributed by atoms with Gasteiger partial charge in [0.25, 0.3) is 11.5 Å². The van der Waals surface area contributed by atoms with E-state index in [1.165, 1.54) is 4.57 Å². The Balaban J connectivity index is 1.54. The van der Waals surface area contributed by atoms with Crippen LogP contribution < -0.4 is 15.8 Å². The van der Waals surface area contributed by atoms with Crippen molar-refractivity contribution in [2.75, 3.05) is 24.6 Å². The molecule has 2 aromatic rings. The van der Waals surface area contributed by atoms with Crippen LogP contribution in [0.5, 0.6) is 0 Å². The Morgan fingerprint density at radius 2 is 2.08 bits per heavy atom. The Morgan fingerprint density at radius 3 is 2.81 bits per heavy atom. The lowest BCUT2D eigenvalue weighted by Gasteiger charge is -2.17. The van der Waals surface area contributed by atoms with Crippen LogP contribution >= 0.6 is 0 Å². The minimum Gasteiger partial charge on any atom is -0.376 e. The number of hydrogen-bond acceptors (Lipinski definition) is 6. The lowest BCUT2D eigenvalue weighted by molar-refractivity contribution is 0.0851. The molecule has 1 N–H and O–H groups in total. The summed E-state index contributed by atoms with van der Waals surface area (Å²) in [6, 6.07) is 7.99. The number of aromatic nitrogens is 3. The summed E-state index contributed by atoms with van der Waals surface area (Å²) in [4.78, 5) is 26.9. The van der Waals surface area contributed by atoms with Gasteiger partial charge in [-0.2, -0.15) is 0 Å². The van der Waals surface area contributed by atoms with Gasteiger partial charge >= 0.3 is 0 Å². The summed E-state index contributed by atoms with van der Waals surface area (Å²) < 4.78 is 6.98. The van der Waals surface area contributed by atoms with Crippen LogP contribution in [0.2, 0.25) is 0 Å². The predicted molar refractivity (Wildman–Crippen MR) is 95.8 cm³/mol. The number of carbonyl (C=O) groups excluding carboxylic acids is 1. The average molecular weight is 355 g/mol. The summed E-state index contributed by atoms with van der Waals surface area (Å²) >= 11 is 0. The van der Waals surface area contributed by atoms with Crippen LogP contribution in [0.4, 0.5) is 11.6 Å². The summed E-state index contributed by atoms with van der Waals surface area (Å²) in [5.74, 6) is -0.0309. The van der Waals surface area contributed by atoms with E-state index in [1.54, 1.807) is 0 Å². The third-order valence-electron chi connectivity index (χ3n) is 4.79. The van der Waals surface area contributed by atoms with E-state index in [1.807, 2.05) is 36.1 Å². The maximum atomic E-state index is 12.7. The Morgan fingerprint density at radius 1 is 1.27 bits per heavy atom. The topological polar surface area (TPSA) is 89.3 Å². The normalized spacial score (nSPS) is 18.8. The summed E-state index contributed by atoms with van der Waals surface area (Å²) in [7, 11) is 0. The van der Waals surface area contributed by atoms with E-state index in [-0.39, 0.29) is 11.8 Å². The van der Waals surface area contributed by atoms with Gasteiger partial charge in [-0.25, -0.2) is 0 Å². The second-order valence-corrected chi connectivity index (χ2v) is 6.64. The van der Waals surface area contributed by atoms with Gasteiger partial charge in [0.15, 0.2) is 0 Å². The summed E-state index contributed by atoms with van der Waals surface area (Å²) in [5.41, 5.74) is 1.53. The lowest BCUT2D eigenvalue weighted by Crippen LogP contribution is -2.38. The molecular weight excluding hydrogens is 334 g/mol. The van der Waals surface area contributed by atoms with E-state index < -0.39 is 11.5 Å². The number of benzene rings is 1. The summed E-state index contributed by atoms with van der Waals surface area (Å²) in [5, 5.41) is 10.8. The van der Waals surface area contributed by atoms with Crippen molar-refractivity contribution in [1.29, 1.82) is 0 Å². The number of carbonyl (C=O) groups is 1. The second kappa shape index (κ2) is 6.87. The minimum atomic E-state index is -0.498. The molecule has 4 rings (SSSR count). The van der Waals surface area contributed by atoms with Crippen LogP contribution in [0.3, 0.4) is 0 Å². The molecule has 3 heterocycles. The van der Waals surface area contributed by atoms with Gasteiger partial charge in [0, 0.05) is 31.9 Å². The van der Waals surface area contributed by atoms with Gasteiger partial charge in [-0.15, -0.1) is 10.2 Å². The molecule has 8 nitrogen and oxygen atoms in total. The molecule has 0 aliphatic carbocycles. The Kier molecular flexibility index (Phi) is 4.42. The van der Waals surface area contributed by atoms with E-state index in [4.69, 9.17) is 4.74 Å². The summed E-state index contributed by atoms with van der Waals surface area (Å²) in [6.45, 7) is 4.22. The number of aryl methyl sites for hydroxylation is 1. The Labute approximate surface area is 150 Å². The number of anilines is 2. The fourth-order valence-electron chi connectivity index (χ4n) is 3.32. The van der Waals surface area contributed by atoms with Crippen molar-refractivity contribution in [1.82, 2.24) is 20.1 Å². The highest BCUT2D eigenvalue weighted by molar-refractivity contribution is 5.91. The zero-order valence-electron chi connectivity index (χ0n) is 14.6. The molecule has 1 fully saturated rings. The van der Waals surface area contributed by atoms with Crippen molar-refractivity contribution in [3.63, 3.8) is 0 Å². The zero-order valence-corrected chi connectivity index (χ0v) is 14.6. The fraction of sp³-hybridized carbons (Fsp3) is 0.444. The van der Waals surface area contributed by atoms with E-state index >= 15 is 0 Å². The third-order valence-corrected chi connectivity index (χ3v) is 4.79. The molecule has 26 heavy (non-hydrogen) atoms. The highest BCUT2D eigenvalue weighted by Gasteiger charge is 2.27. The molecular formula is C18H21N5O3. The zero-order chi connectivity index (χ0) is 18.1. The van der Waals surface area contributed by atoms with Gasteiger partial charge in [0.2, 0.25) is 11.6 Å². The van der Waals surface area contributed by atoms with Crippen LogP contribution in [0.15, 0.2) is 29.1 Å². The fourth-order valence-corrected chi connectivity index (χ4v) is 3.32.